The predicted octanol–water partition coefficient (Wildman–Crippen LogP) is 0.463. The quantitative estimate of drug-likeness (QED) is 0.193. The molecule has 0 aliphatic carbocycles. The van der Waals surface area contributed by atoms with Gasteiger partial charge in [-0.15, -0.1) is 0 Å². The average molecular weight is 284 g/mol. The van der Waals surface area contributed by atoms with Crippen LogP contribution in [-0.2, 0) is 0 Å². The third-order valence-corrected chi connectivity index (χ3v) is 3.05. The lowest BCUT2D eigenvalue weighted by atomic mass is 10.1. The summed E-state index contributed by atoms with van der Waals surface area (Å²) in [6, 6.07) is 0. The van der Waals surface area contributed by atoms with Gasteiger partial charge < -0.3 is 32.9 Å². The Hall–Kier alpha value is -0.820. The van der Waals surface area contributed by atoms with E-state index >= 15 is 0 Å². The van der Waals surface area contributed by atoms with Crippen molar-refractivity contribution in [3.05, 3.63) is 0 Å². The first kappa shape index (κ1) is 19.2. The molecule has 6 nitrogen and oxygen atoms in total. The lowest BCUT2D eigenvalue weighted by molar-refractivity contribution is 0.659. The second-order valence-corrected chi connectivity index (χ2v) is 4.99. The zero-order valence-electron chi connectivity index (χ0n) is 12.6. The fourth-order valence-corrected chi connectivity index (χ4v) is 1.73. The smallest absolute Gasteiger partial charge is 0.0106 e. The average Bonchev–Trinajstić information content (AvgIpc) is 2.44. The Morgan fingerprint density at radius 2 is 1.05 bits per heavy atom. The molecule has 0 atom stereocenters. The molecule has 0 aromatic heterocycles. The minimum atomic E-state index is 0.709. The molecule has 0 saturated heterocycles. The lowest BCUT2D eigenvalue weighted by Crippen LogP contribution is -2.22. The SMILES string of the molecule is N=C(CCNCCCN)CCC(=N)CCNCCCN. The summed E-state index contributed by atoms with van der Waals surface area (Å²) in [5.41, 5.74) is 12.3. The Labute approximate surface area is 123 Å². The summed E-state index contributed by atoms with van der Waals surface area (Å²) in [6.07, 6.45) is 4.92. The van der Waals surface area contributed by atoms with Crippen LogP contribution >= 0.6 is 0 Å². The van der Waals surface area contributed by atoms with E-state index in [1.807, 2.05) is 0 Å². The van der Waals surface area contributed by atoms with Crippen molar-refractivity contribution in [2.75, 3.05) is 39.3 Å². The van der Waals surface area contributed by atoms with E-state index in [4.69, 9.17) is 22.3 Å². The van der Waals surface area contributed by atoms with Crippen LogP contribution in [0, 0.1) is 10.8 Å². The standard InChI is InChI=1S/C14H32N6/c15-7-1-9-19-11-5-13(17)3-4-14(18)6-12-20-10-2-8-16/h17-20H,1-12,15-16H2. The second kappa shape index (κ2) is 14.6. The second-order valence-electron chi connectivity index (χ2n) is 4.99. The van der Waals surface area contributed by atoms with E-state index in [1.54, 1.807) is 0 Å². The third-order valence-electron chi connectivity index (χ3n) is 3.05. The zero-order chi connectivity index (χ0) is 15.1. The normalized spacial score (nSPS) is 10.7. The highest BCUT2D eigenvalue weighted by Gasteiger charge is 2.01. The van der Waals surface area contributed by atoms with Crippen molar-refractivity contribution in [1.82, 2.24) is 10.6 Å². The largest absolute Gasteiger partial charge is 0.330 e. The molecule has 0 bridgehead atoms. The molecule has 0 aromatic carbocycles. The summed E-state index contributed by atoms with van der Waals surface area (Å²) in [7, 11) is 0. The molecular formula is C14H32N6. The van der Waals surface area contributed by atoms with Crippen LogP contribution in [-0.4, -0.2) is 50.7 Å². The maximum absolute atomic E-state index is 7.84. The molecule has 0 fully saturated rings. The number of hydrogen-bond acceptors (Lipinski definition) is 6. The van der Waals surface area contributed by atoms with Crippen LogP contribution in [0.2, 0.25) is 0 Å². The number of nitrogens with one attached hydrogen (secondary N) is 4. The van der Waals surface area contributed by atoms with Crippen molar-refractivity contribution < 1.29 is 0 Å². The van der Waals surface area contributed by atoms with Gasteiger partial charge in [0.15, 0.2) is 0 Å². The first-order valence-electron chi connectivity index (χ1n) is 7.64. The van der Waals surface area contributed by atoms with E-state index in [2.05, 4.69) is 10.6 Å². The molecule has 0 unspecified atom stereocenters. The van der Waals surface area contributed by atoms with E-state index < -0.39 is 0 Å². The monoisotopic (exact) mass is 284 g/mol. The third kappa shape index (κ3) is 13.6. The molecule has 0 rings (SSSR count). The Morgan fingerprint density at radius 3 is 1.40 bits per heavy atom. The van der Waals surface area contributed by atoms with Crippen LogP contribution in [0.5, 0.6) is 0 Å². The predicted molar refractivity (Wildman–Crippen MR) is 87.0 cm³/mol. The molecule has 0 aromatic rings. The van der Waals surface area contributed by atoms with E-state index in [0.29, 0.717) is 25.9 Å². The van der Waals surface area contributed by atoms with Gasteiger partial charge in [-0.25, -0.2) is 0 Å². The molecule has 8 N–H and O–H groups in total. The van der Waals surface area contributed by atoms with Crippen LogP contribution in [0.3, 0.4) is 0 Å². The number of nitrogens with two attached hydrogens (primary N) is 2. The Kier molecular flexibility index (Phi) is 14.0. The molecular weight excluding hydrogens is 252 g/mol. The van der Waals surface area contributed by atoms with Crippen LogP contribution < -0.4 is 22.1 Å². The summed E-state index contributed by atoms with van der Waals surface area (Å²) < 4.78 is 0. The van der Waals surface area contributed by atoms with Crippen molar-refractivity contribution in [3.8, 4) is 0 Å². The van der Waals surface area contributed by atoms with Gasteiger partial charge in [-0.05, 0) is 64.7 Å². The van der Waals surface area contributed by atoms with Crippen molar-refractivity contribution in [2.45, 2.75) is 38.5 Å². The van der Waals surface area contributed by atoms with E-state index in [9.17, 15) is 0 Å². The highest BCUT2D eigenvalue weighted by atomic mass is 14.9. The Balaban J connectivity index is 3.37. The van der Waals surface area contributed by atoms with E-state index in [0.717, 1.165) is 63.3 Å². The summed E-state index contributed by atoms with van der Waals surface area (Å²) in [6.45, 7) is 4.95. The van der Waals surface area contributed by atoms with E-state index in [-0.39, 0.29) is 0 Å². The fraction of sp³-hybridized carbons (Fsp3) is 0.857. The van der Waals surface area contributed by atoms with Crippen LogP contribution in [0.1, 0.15) is 38.5 Å². The molecule has 6 heteroatoms. The van der Waals surface area contributed by atoms with Gasteiger partial charge in [-0.3, -0.25) is 0 Å². The molecule has 0 radical (unpaired) electrons. The van der Waals surface area contributed by atoms with Gasteiger partial charge >= 0.3 is 0 Å². The Morgan fingerprint density at radius 1 is 0.650 bits per heavy atom. The minimum Gasteiger partial charge on any atom is -0.330 e. The van der Waals surface area contributed by atoms with Crippen molar-refractivity contribution >= 4 is 11.4 Å². The van der Waals surface area contributed by atoms with Crippen LogP contribution in [0.15, 0.2) is 0 Å². The molecule has 20 heavy (non-hydrogen) atoms. The highest BCUT2D eigenvalue weighted by Crippen LogP contribution is 1.99. The summed E-state index contributed by atoms with van der Waals surface area (Å²) in [5.74, 6) is 0. The lowest BCUT2D eigenvalue weighted by Gasteiger charge is -2.07. The first-order valence-corrected chi connectivity index (χ1v) is 7.64. The molecule has 0 spiro atoms. The van der Waals surface area contributed by atoms with Crippen molar-refractivity contribution in [3.63, 3.8) is 0 Å². The van der Waals surface area contributed by atoms with Gasteiger partial charge in [0, 0.05) is 24.5 Å². The van der Waals surface area contributed by atoms with Crippen molar-refractivity contribution in [2.24, 2.45) is 11.5 Å². The summed E-state index contributed by atoms with van der Waals surface area (Å²) in [5, 5.41) is 22.2. The van der Waals surface area contributed by atoms with Gasteiger partial charge in [-0.1, -0.05) is 0 Å². The van der Waals surface area contributed by atoms with Crippen LogP contribution in [0.25, 0.3) is 0 Å². The highest BCUT2D eigenvalue weighted by molar-refractivity contribution is 5.88. The summed E-state index contributed by atoms with van der Waals surface area (Å²) in [4.78, 5) is 0. The molecule has 0 aliphatic heterocycles. The minimum absolute atomic E-state index is 0.709. The first-order chi connectivity index (χ1) is 9.70. The zero-order valence-corrected chi connectivity index (χ0v) is 12.6. The Bertz CT molecular complexity index is 228. The molecule has 0 aliphatic rings. The van der Waals surface area contributed by atoms with Crippen LogP contribution in [0.4, 0.5) is 0 Å². The van der Waals surface area contributed by atoms with Gasteiger partial charge in [0.2, 0.25) is 0 Å². The van der Waals surface area contributed by atoms with Crippen molar-refractivity contribution in [1.29, 1.82) is 10.8 Å². The van der Waals surface area contributed by atoms with E-state index in [1.165, 1.54) is 0 Å². The number of rotatable bonds is 15. The topological polar surface area (TPSA) is 124 Å². The molecule has 118 valence electrons. The number of hydrogen-bond donors (Lipinski definition) is 6. The van der Waals surface area contributed by atoms with Gasteiger partial charge in [0.05, 0.1) is 0 Å². The summed E-state index contributed by atoms with van der Waals surface area (Å²) >= 11 is 0. The molecule has 0 amide bonds. The molecule has 0 saturated carbocycles. The maximum atomic E-state index is 7.84. The fourth-order valence-electron chi connectivity index (χ4n) is 1.73. The van der Waals surface area contributed by atoms with Gasteiger partial charge in [0.1, 0.15) is 0 Å². The maximum Gasteiger partial charge on any atom is 0.0106 e. The van der Waals surface area contributed by atoms with Gasteiger partial charge in [0.25, 0.3) is 0 Å². The molecule has 0 heterocycles. The van der Waals surface area contributed by atoms with Gasteiger partial charge in [-0.2, -0.15) is 0 Å².